The van der Waals surface area contributed by atoms with Crippen molar-refractivity contribution in [2.75, 3.05) is 13.1 Å². The van der Waals surface area contributed by atoms with Crippen LogP contribution >= 0.6 is 12.4 Å². The molecule has 0 bridgehead atoms. The van der Waals surface area contributed by atoms with Crippen molar-refractivity contribution in [2.24, 2.45) is 5.73 Å². The average Bonchev–Trinajstić information content (AvgIpc) is 2.89. The zero-order valence-electron chi connectivity index (χ0n) is 10.7. The Morgan fingerprint density at radius 3 is 2.65 bits per heavy atom. The second-order valence-electron chi connectivity index (χ2n) is 3.95. The quantitative estimate of drug-likeness (QED) is 0.714. The predicted molar refractivity (Wildman–Crippen MR) is 69.9 cm³/mol. The van der Waals surface area contributed by atoms with Crippen molar-refractivity contribution in [3.63, 3.8) is 0 Å². The molecule has 1 atom stereocenters. The van der Waals surface area contributed by atoms with Crippen LogP contribution in [0.15, 0.2) is 22.8 Å². The molecular formula is C11H16ClF2N3O3. The number of nitrogens with two attached hydrogens (primary N) is 1. The lowest BCUT2D eigenvalue weighted by Gasteiger charge is -2.17. The van der Waals surface area contributed by atoms with Gasteiger partial charge in [-0.05, 0) is 19.1 Å². The first-order valence-corrected chi connectivity index (χ1v) is 5.55. The van der Waals surface area contributed by atoms with Crippen molar-refractivity contribution in [1.82, 2.24) is 10.6 Å². The first kappa shape index (κ1) is 18.3. The Morgan fingerprint density at radius 2 is 2.15 bits per heavy atom. The summed E-state index contributed by atoms with van der Waals surface area (Å²) in [7, 11) is 0. The highest BCUT2D eigenvalue weighted by Crippen LogP contribution is 2.08. The van der Waals surface area contributed by atoms with Crippen LogP contribution in [0.25, 0.3) is 0 Å². The summed E-state index contributed by atoms with van der Waals surface area (Å²) in [5.74, 6) is -4.46. The second kappa shape index (κ2) is 7.81. The molecule has 9 heteroatoms. The van der Waals surface area contributed by atoms with E-state index in [4.69, 9.17) is 10.2 Å². The Kier molecular flexibility index (Phi) is 7.16. The molecule has 1 unspecified atom stereocenters. The van der Waals surface area contributed by atoms with Crippen molar-refractivity contribution >= 4 is 24.2 Å². The van der Waals surface area contributed by atoms with Gasteiger partial charge in [0.15, 0.2) is 5.76 Å². The van der Waals surface area contributed by atoms with Gasteiger partial charge in [0.05, 0.1) is 19.4 Å². The number of nitrogens with one attached hydrogen (secondary N) is 2. The minimum atomic E-state index is -3.17. The van der Waals surface area contributed by atoms with E-state index in [9.17, 15) is 18.4 Å². The van der Waals surface area contributed by atoms with Crippen LogP contribution in [-0.2, 0) is 4.79 Å². The Bertz CT molecular complexity index is 440. The molecule has 6 nitrogen and oxygen atoms in total. The first-order chi connectivity index (χ1) is 8.85. The summed E-state index contributed by atoms with van der Waals surface area (Å²) >= 11 is 0. The molecule has 4 N–H and O–H groups in total. The highest BCUT2D eigenvalue weighted by Gasteiger charge is 2.28. The van der Waals surface area contributed by atoms with E-state index in [1.807, 2.05) is 5.32 Å². The largest absolute Gasteiger partial charge is 0.459 e. The third-order valence-corrected chi connectivity index (χ3v) is 2.31. The highest BCUT2D eigenvalue weighted by atomic mass is 35.5. The number of hydrogen-bond acceptors (Lipinski definition) is 4. The van der Waals surface area contributed by atoms with E-state index in [2.05, 4.69) is 5.32 Å². The molecule has 0 spiro atoms. The maximum atomic E-state index is 12.8. The third-order valence-electron chi connectivity index (χ3n) is 2.31. The molecule has 2 amide bonds. The van der Waals surface area contributed by atoms with E-state index in [1.54, 1.807) is 0 Å². The Labute approximate surface area is 120 Å². The molecule has 0 aliphatic carbocycles. The molecule has 0 radical (unpaired) electrons. The monoisotopic (exact) mass is 311 g/mol. The fraction of sp³-hybridized carbons (Fsp3) is 0.455. The summed E-state index contributed by atoms with van der Waals surface area (Å²) in [5.41, 5.74) is 4.83. The van der Waals surface area contributed by atoms with Gasteiger partial charge >= 0.3 is 0 Å². The molecule has 1 rings (SSSR count). The van der Waals surface area contributed by atoms with Crippen LogP contribution in [0, 0.1) is 0 Å². The van der Waals surface area contributed by atoms with Gasteiger partial charge in [-0.2, -0.15) is 0 Å². The van der Waals surface area contributed by atoms with Crippen LogP contribution in [0.1, 0.15) is 17.5 Å². The standard InChI is InChI=1S/C11H15F2N3O3.ClH/c1-7(9(17)15-6-11(12,13)5-14)16-10(18)8-3-2-4-19-8;/h2-4,7H,5-6,14H2,1H3,(H,15,17)(H,16,18);1H. The topological polar surface area (TPSA) is 97.4 Å². The number of carbonyl (C=O) groups is 2. The SMILES string of the molecule is CC(NC(=O)c1ccco1)C(=O)NCC(F)(F)CN.Cl. The summed E-state index contributed by atoms with van der Waals surface area (Å²) < 4.78 is 30.5. The van der Waals surface area contributed by atoms with E-state index in [0.717, 1.165) is 0 Å². The van der Waals surface area contributed by atoms with Gasteiger partial charge < -0.3 is 20.8 Å². The van der Waals surface area contributed by atoms with Crippen molar-refractivity contribution in [3.8, 4) is 0 Å². The van der Waals surface area contributed by atoms with Gasteiger partial charge in [-0.15, -0.1) is 12.4 Å². The van der Waals surface area contributed by atoms with Crippen LogP contribution in [-0.4, -0.2) is 36.9 Å². The third kappa shape index (κ3) is 5.54. The number of carbonyl (C=O) groups excluding carboxylic acids is 2. The summed E-state index contributed by atoms with van der Waals surface area (Å²) in [6.45, 7) is -0.361. The van der Waals surface area contributed by atoms with Gasteiger partial charge in [0.2, 0.25) is 5.91 Å². The van der Waals surface area contributed by atoms with Crippen LogP contribution in [0.4, 0.5) is 8.78 Å². The first-order valence-electron chi connectivity index (χ1n) is 5.55. The average molecular weight is 312 g/mol. The van der Waals surface area contributed by atoms with Gasteiger partial charge in [-0.25, -0.2) is 8.78 Å². The molecule has 0 aliphatic heterocycles. The number of halogens is 3. The predicted octanol–water partition coefficient (Wildman–Crippen LogP) is 0.530. The Morgan fingerprint density at radius 1 is 1.50 bits per heavy atom. The van der Waals surface area contributed by atoms with Crippen LogP contribution in [0.5, 0.6) is 0 Å². The van der Waals surface area contributed by atoms with E-state index < -0.39 is 36.9 Å². The summed E-state index contributed by atoms with van der Waals surface area (Å²) in [6.07, 6.45) is 1.31. The van der Waals surface area contributed by atoms with Crippen molar-refractivity contribution < 1.29 is 22.8 Å². The van der Waals surface area contributed by atoms with Crippen molar-refractivity contribution in [2.45, 2.75) is 18.9 Å². The van der Waals surface area contributed by atoms with E-state index in [1.165, 1.54) is 25.3 Å². The molecule has 20 heavy (non-hydrogen) atoms. The highest BCUT2D eigenvalue weighted by molar-refractivity contribution is 5.95. The molecule has 0 saturated heterocycles. The van der Waals surface area contributed by atoms with Gasteiger partial charge in [0.25, 0.3) is 11.8 Å². The van der Waals surface area contributed by atoms with E-state index in [0.29, 0.717) is 0 Å². The Hall–Kier alpha value is -1.67. The Balaban J connectivity index is 0.00000361. The van der Waals surface area contributed by atoms with Gasteiger partial charge in [0, 0.05) is 0 Å². The lowest BCUT2D eigenvalue weighted by atomic mass is 10.2. The zero-order valence-corrected chi connectivity index (χ0v) is 11.5. The maximum Gasteiger partial charge on any atom is 0.287 e. The van der Waals surface area contributed by atoms with Crippen LogP contribution < -0.4 is 16.4 Å². The number of furan rings is 1. The molecule has 1 aromatic heterocycles. The smallest absolute Gasteiger partial charge is 0.287 e. The summed E-state index contributed by atoms with van der Waals surface area (Å²) in [6, 6.07) is 1.97. The second-order valence-corrected chi connectivity index (χ2v) is 3.95. The van der Waals surface area contributed by atoms with Gasteiger partial charge in [0.1, 0.15) is 6.04 Å². The lowest BCUT2D eigenvalue weighted by Crippen LogP contribution is -2.49. The molecule has 0 aromatic carbocycles. The molecular weight excluding hydrogens is 296 g/mol. The van der Waals surface area contributed by atoms with E-state index in [-0.39, 0.29) is 18.2 Å². The summed E-state index contributed by atoms with van der Waals surface area (Å²) in [5, 5.41) is 4.33. The molecule has 1 heterocycles. The summed E-state index contributed by atoms with van der Waals surface area (Å²) in [4.78, 5) is 23.0. The molecule has 1 aromatic rings. The van der Waals surface area contributed by atoms with Gasteiger partial charge in [-0.3, -0.25) is 9.59 Å². The maximum absolute atomic E-state index is 12.8. The number of amides is 2. The van der Waals surface area contributed by atoms with Crippen LogP contribution in [0.2, 0.25) is 0 Å². The number of rotatable bonds is 6. The molecule has 0 fully saturated rings. The number of hydrogen-bond donors (Lipinski definition) is 3. The van der Waals surface area contributed by atoms with Crippen molar-refractivity contribution in [3.05, 3.63) is 24.2 Å². The fourth-order valence-electron chi connectivity index (χ4n) is 1.18. The normalized spacial score (nSPS) is 12.2. The molecule has 0 saturated carbocycles. The van der Waals surface area contributed by atoms with Crippen molar-refractivity contribution in [1.29, 1.82) is 0 Å². The van der Waals surface area contributed by atoms with Gasteiger partial charge in [-0.1, -0.05) is 0 Å². The lowest BCUT2D eigenvalue weighted by molar-refractivity contribution is -0.124. The zero-order chi connectivity index (χ0) is 14.5. The fourth-order valence-corrected chi connectivity index (χ4v) is 1.18. The number of alkyl halides is 2. The van der Waals surface area contributed by atoms with E-state index >= 15 is 0 Å². The molecule has 114 valence electrons. The molecule has 0 aliphatic rings. The van der Waals surface area contributed by atoms with Crippen LogP contribution in [0.3, 0.4) is 0 Å². The minimum Gasteiger partial charge on any atom is -0.459 e. The minimum absolute atomic E-state index is 0.